The average Bonchev–Trinajstić information content (AvgIpc) is 2.29. The minimum atomic E-state index is -0.828. The fourth-order valence-electron chi connectivity index (χ4n) is 1.46. The first-order valence-electron chi connectivity index (χ1n) is 5.87. The van der Waals surface area contributed by atoms with Gasteiger partial charge in [0.25, 0.3) is 0 Å². The smallest absolute Gasteiger partial charge is 0.228 e. The fourth-order valence-corrected chi connectivity index (χ4v) is 1.46. The lowest BCUT2D eigenvalue weighted by Crippen LogP contribution is -2.27. The molecular weight excluding hydrogens is 266 g/mol. The summed E-state index contributed by atoms with van der Waals surface area (Å²) in [6, 6.07) is 1.87. The molecule has 2 heterocycles. The van der Waals surface area contributed by atoms with Gasteiger partial charge in [-0.3, -0.25) is 0 Å². The second-order valence-corrected chi connectivity index (χ2v) is 5.18. The van der Waals surface area contributed by atoms with Crippen molar-refractivity contribution in [2.45, 2.75) is 26.3 Å². The zero-order valence-corrected chi connectivity index (χ0v) is 11.3. The number of hydrogen-bond donors (Lipinski definition) is 2. The van der Waals surface area contributed by atoms with Crippen molar-refractivity contribution in [3.05, 3.63) is 23.9 Å². The Morgan fingerprint density at radius 2 is 1.75 bits per heavy atom. The lowest BCUT2D eigenvalue weighted by Gasteiger charge is -2.20. The first kappa shape index (κ1) is 14.0. The zero-order valence-electron chi connectivity index (χ0n) is 11.3. The summed E-state index contributed by atoms with van der Waals surface area (Å²) in [6.07, 6.45) is 0. The van der Waals surface area contributed by atoms with Gasteiger partial charge >= 0.3 is 0 Å². The maximum atomic E-state index is 13.7. The van der Waals surface area contributed by atoms with Crippen molar-refractivity contribution in [1.82, 2.24) is 19.9 Å². The van der Waals surface area contributed by atoms with Crippen LogP contribution in [0.25, 0.3) is 11.5 Å². The molecule has 0 aliphatic heterocycles. The largest absolute Gasteiger partial charge is 0.368 e. The van der Waals surface area contributed by atoms with Crippen LogP contribution in [0.4, 0.5) is 20.7 Å². The van der Waals surface area contributed by atoms with Crippen molar-refractivity contribution in [3.8, 4) is 11.5 Å². The molecule has 2 rings (SSSR count). The molecule has 20 heavy (non-hydrogen) atoms. The van der Waals surface area contributed by atoms with Crippen LogP contribution < -0.4 is 11.1 Å². The number of hydrogen-bond acceptors (Lipinski definition) is 6. The van der Waals surface area contributed by atoms with Crippen LogP contribution in [-0.2, 0) is 0 Å². The van der Waals surface area contributed by atoms with E-state index in [0.29, 0.717) is 0 Å². The van der Waals surface area contributed by atoms with Crippen LogP contribution in [0.5, 0.6) is 0 Å². The normalized spacial score (nSPS) is 11.4. The predicted molar refractivity (Wildman–Crippen MR) is 70.8 cm³/mol. The summed E-state index contributed by atoms with van der Waals surface area (Å²) < 4.78 is 26.8. The molecule has 0 aromatic carbocycles. The van der Waals surface area contributed by atoms with Crippen molar-refractivity contribution in [2.24, 2.45) is 0 Å². The van der Waals surface area contributed by atoms with E-state index in [1.165, 1.54) is 0 Å². The Bertz CT molecular complexity index is 638. The summed E-state index contributed by atoms with van der Waals surface area (Å²) >= 11 is 0. The first-order valence-corrected chi connectivity index (χ1v) is 5.87. The third kappa shape index (κ3) is 3.34. The Labute approximate surface area is 114 Å². The van der Waals surface area contributed by atoms with Crippen LogP contribution in [0.15, 0.2) is 12.1 Å². The van der Waals surface area contributed by atoms with E-state index in [2.05, 4.69) is 25.3 Å². The molecular formula is C12H14F2N6. The highest BCUT2D eigenvalue weighted by molar-refractivity contribution is 5.53. The molecule has 2 aromatic heterocycles. The molecule has 3 N–H and O–H groups in total. The third-order valence-corrected chi connectivity index (χ3v) is 2.16. The van der Waals surface area contributed by atoms with Crippen LogP contribution in [0, 0.1) is 11.8 Å². The monoisotopic (exact) mass is 280 g/mol. The van der Waals surface area contributed by atoms with Gasteiger partial charge in [0.05, 0.1) is 0 Å². The van der Waals surface area contributed by atoms with Gasteiger partial charge in [-0.15, -0.1) is 0 Å². The topological polar surface area (TPSA) is 89.6 Å². The third-order valence-electron chi connectivity index (χ3n) is 2.16. The van der Waals surface area contributed by atoms with Gasteiger partial charge in [0.15, 0.2) is 11.6 Å². The van der Waals surface area contributed by atoms with Crippen molar-refractivity contribution in [3.63, 3.8) is 0 Å². The Morgan fingerprint density at radius 1 is 1.05 bits per heavy atom. The van der Waals surface area contributed by atoms with E-state index >= 15 is 0 Å². The molecule has 0 unspecified atom stereocenters. The molecule has 0 atom stereocenters. The number of aromatic nitrogens is 4. The highest BCUT2D eigenvalue weighted by Gasteiger charge is 2.17. The molecule has 0 bridgehead atoms. The molecule has 0 aliphatic carbocycles. The Hall–Kier alpha value is -2.38. The SMILES string of the molecule is CC(C)(C)Nc1nc(N)nc(-c2nc(F)ccc2F)n1. The van der Waals surface area contributed by atoms with Crippen molar-refractivity contribution in [1.29, 1.82) is 0 Å². The molecule has 0 aliphatic rings. The van der Waals surface area contributed by atoms with Crippen molar-refractivity contribution >= 4 is 11.9 Å². The Balaban J connectivity index is 2.49. The lowest BCUT2D eigenvalue weighted by molar-refractivity contribution is 0.562. The number of nitrogens with one attached hydrogen (secondary N) is 1. The van der Waals surface area contributed by atoms with Gasteiger partial charge < -0.3 is 11.1 Å². The van der Waals surface area contributed by atoms with Gasteiger partial charge in [-0.1, -0.05) is 0 Å². The molecule has 0 saturated heterocycles. The molecule has 8 heteroatoms. The highest BCUT2D eigenvalue weighted by atomic mass is 19.1. The van der Waals surface area contributed by atoms with Crippen molar-refractivity contribution in [2.75, 3.05) is 11.1 Å². The Morgan fingerprint density at radius 3 is 2.40 bits per heavy atom. The van der Waals surface area contributed by atoms with Gasteiger partial charge in [-0.05, 0) is 32.9 Å². The molecule has 0 radical (unpaired) electrons. The summed E-state index contributed by atoms with van der Waals surface area (Å²) in [4.78, 5) is 15.1. The first-order chi connectivity index (χ1) is 9.24. The van der Waals surface area contributed by atoms with E-state index in [-0.39, 0.29) is 29.0 Å². The van der Waals surface area contributed by atoms with Crippen LogP contribution in [0.2, 0.25) is 0 Å². The number of anilines is 2. The second kappa shape index (κ2) is 4.95. The van der Waals surface area contributed by atoms with E-state index in [9.17, 15) is 8.78 Å². The predicted octanol–water partition coefficient (Wildman–Crippen LogP) is 2.00. The summed E-state index contributed by atoms with van der Waals surface area (Å²) in [6.45, 7) is 5.69. The van der Waals surface area contributed by atoms with Crippen LogP contribution in [-0.4, -0.2) is 25.5 Å². The molecule has 0 amide bonds. The van der Waals surface area contributed by atoms with E-state index in [0.717, 1.165) is 12.1 Å². The van der Waals surface area contributed by atoms with Gasteiger partial charge in [-0.2, -0.15) is 19.3 Å². The molecule has 0 fully saturated rings. The standard InChI is InChI=1S/C12H14F2N6/c1-12(2,3)20-11-18-9(17-10(15)19-11)8-6(13)4-5-7(14)16-8/h4-5H,1-3H3,(H3,15,17,18,19,20). The van der Waals surface area contributed by atoms with Gasteiger partial charge in [0.2, 0.25) is 17.8 Å². The maximum absolute atomic E-state index is 13.7. The van der Waals surface area contributed by atoms with Gasteiger partial charge in [-0.25, -0.2) is 9.37 Å². The zero-order chi connectivity index (χ0) is 14.9. The van der Waals surface area contributed by atoms with E-state index in [1.807, 2.05) is 20.8 Å². The quantitative estimate of drug-likeness (QED) is 0.818. The summed E-state index contributed by atoms with van der Waals surface area (Å²) in [5.41, 5.74) is 4.93. The number of nitrogens with two attached hydrogens (primary N) is 1. The summed E-state index contributed by atoms with van der Waals surface area (Å²) in [7, 11) is 0. The van der Waals surface area contributed by atoms with E-state index in [1.54, 1.807) is 0 Å². The molecule has 106 valence electrons. The minimum absolute atomic E-state index is 0.104. The molecule has 2 aromatic rings. The molecule has 0 saturated carbocycles. The Kier molecular flexibility index (Phi) is 3.47. The number of halogens is 2. The molecule has 6 nitrogen and oxygen atoms in total. The summed E-state index contributed by atoms with van der Waals surface area (Å²) in [5, 5.41) is 2.98. The van der Waals surface area contributed by atoms with Crippen LogP contribution in [0.3, 0.4) is 0 Å². The number of pyridine rings is 1. The van der Waals surface area contributed by atoms with E-state index in [4.69, 9.17) is 5.73 Å². The van der Waals surface area contributed by atoms with Crippen LogP contribution >= 0.6 is 0 Å². The number of nitrogens with zero attached hydrogens (tertiary/aromatic N) is 4. The second-order valence-electron chi connectivity index (χ2n) is 5.18. The molecule has 0 spiro atoms. The van der Waals surface area contributed by atoms with Crippen LogP contribution in [0.1, 0.15) is 20.8 Å². The average molecular weight is 280 g/mol. The minimum Gasteiger partial charge on any atom is -0.368 e. The number of nitrogen functional groups attached to an aromatic ring is 1. The fraction of sp³-hybridized carbons (Fsp3) is 0.333. The highest BCUT2D eigenvalue weighted by Crippen LogP contribution is 2.20. The lowest BCUT2D eigenvalue weighted by atomic mass is 10.1. The van der Waals surface area contributed by atoms with E-state index < -0.39 is 11.8 Å². The maximum Gasteiger partial charge on any atom is 0.228 e. The van der Waals surface area contributed by atoms with Gasteiger partial charge in [0.1, 0.15) is 5.69 Å². The summed E-state index contributed by atoms with van der Waals surface area (Å²) in [5.74, 6) is -1.62. The van der Waals surface area contributed by atoms with Gasteiger partial charge in [0, 0.05) is 5.54 Å². The van der Waals surface area contributed by atoms with Crippen molar-refractivity contribution < 1.29 is 8.78 Å². The number of rotatable bonds is 2.